The van der Waals surface area contributed by atoms with Gasteiger partial charge in [0.25, 0.3) is 6.98 Å². The number of aromatic nitrogens is 2. The first-order chi connectivity index (χ1) is 12.2. The Labute approximate surface area is 157 Å². The van der Waals surface area contributed by atoms with Crippen molar-refractivity contribution in [2.75, 3.05) is 11.8 Å². The smallest absolute Gasteiger partial charge is 0.414 e. The lowest BCUT2D eigenvalue weighted by Gasteiger charge is -2.65. The van der Waals surface area contributed by atoms with Crippen molar-refractivity contribution in [2.45, 2.75) is 52.3 Å². The van der Waals surface area contributed by atoms with Crippen LogP contribution in [-0.2, 0) is 5.41 Å². The Bertz CT molecular complexity index is 908. The zero-order valence-corrected chi connectivity index (χ0v) is 16.9. The highest BCUT2D eigenvalue weighted by molar-refractivity contribution is 6.92. The molecule has 3 aliphatic heterocycles. The molecular formula is C18H26B3N5. The summed E-state index contributed by atoms with van der Waals surface area (Å²) in [6, 6.07) is 8.73. The normalized spacial score (nSPS) is 23.2. The second kappa shape index (κ2) is 4.79. The van der Waals surface area contributed by atoms with Crippen molar-refractivity contribution in [1.82, 2.24) is 18.9 Å². The molecule has 0 N–H and O–H groups in total. The molecule has 0 bridgehead atoms. The van der Waals surface area contributed by atoms with Gasteiger partial charge in [-0.2, -0.15) is 0 Å². The van der Waals surface area contributed by atoms with Gasteiger partial charge in [-0.25, -0.2) is 4.98 Å². The first-order valence-electron chi connectivity index (χ1n) is 9.65. The molecule has 8 heteroatoms. The van der Waals surface area contributed by atoms with E-state index in [1.54, 1.807) is 0 Å². The van der Waals surface area contributed by atoms with Gasteiger partial charge in [0.05, 0.1) is 0 Å². The number of nitrogens with zero attached hydrogens (tertiary/aromatic N) is 5. The third-order valence-corrected chi connectivity index (χ3v) is 7.75. The van der Waals surface area contributed by atoms with Gasteiger partial charge in [-0.15, -0.1) is 0 Å². The SMILES string of the molecule is CB1N(C)B(C)N2B3N1c1ccccc1-c1ncc(n13)C(C)(C)C2(C)C. The minimum Gasteiger partial charge on any atom is -0.414 e. The molecule has 1 fully saturated rings. The summed E-state index contributed by atoms with van der Waals surface area (Å²) in [6.45, 7) is 14.8. The van der Waals surface area contributed by atoms with E-state index in [4.69, 9.17) is 4.98 Å². The van der Waals surface area contributed by atoms with Crippen LogP contribution in [0.25, 0.3) is 11.4 Å². The highest BCUT2D eigenvalue weighted by atomic mass is 15.4. The Morgan fingerprint density at radius 3 is 2.42 bits per heavy atom. The van der Waals surface area contributed by atoms with Gasteiger partial charge >= 0.3 is 14.1 Å². The highest BCUT2D eigenvalue weighted by Gasteiger charge is 2.63. The molecule has 1 aromatic heterocycles. The molecule has 0 radical (unpaired) electrons. The van der Waals surface area contributed by atoms with Gasteiger partial charge < -0.3 is 18.6 Å². The van der Waals surface area contributed by atoms with Crippen LogP contribution in [0.4, 0.5) is 5.69 Å². The number of hydrogen-bond acceptors (Lipinski definition) is 4. The average Bonchev–Trinajstić information content (AvgIpc) is 3.04. The second-order valence-electron chi connectivity index (χ2n) is 9.13. The predicted octanol–water partition coefficient (Wildman–Crippen LogP) is 2.76. The number of imidazole rings is 1. The Morgan fingerprint density at radius 2 is 1.69 bits per heavy atom. The van der Waals surface area contributed by atoms with Crippen molar-refractivity contribution in [3.63, 3.8) is 0 Å². The fourth-order valence-corrected chi connectivity index (χ4v) is 5.34. The molecule has 3 aliphatic rings. The third kappa shape index (κ3) is 1.62. The van der Waals surface area contributed by atoms with E-state index in [1.165, 1.54) is 16.9 Å². The van der Waals surface area contributed by atoms with Gasteiger partial charge in [-0.3, -0.25) is 0 Å². The quantitative estimate of drug-likeness (QED) is 0.687. The molecule has 2 aromatic rings. The molecule has 26 heavy (non-hydrogen) atoms. The molecule has 1 aromatic carbocycles. The number of fused-ring (bicyclic) bond motifs is 3. The van der Waals surface area contributed by atoms with Crippen molar-refractivity contribution in [2.24, 2.45) is 0 Å². The van der Waals surface area contributed by atoms with E-state index in [2.05, 4.69) is 97.5 Å². The van der Waals surface area contributed by atoms with Crippen LogP contribution in [0.15, 0.2) is 30.5 Å². The van der Waals surface area contributed by atoms with E-state index in [0.29, 0.717) is 14.0 Å². The zero-order chi connectivity index (χ0) is 18.6. The summed E-state index contributed by atoms with van der Waals surface area (Å²) >= 11 is 0. The van der Waals surface area contributed by atoms with Gasteiger partial charge in [0.1, 0.15) is 5.82 Å². The highest BCUT2D eigenvalue weighted by Crippen LogP contribution is 2.51. The van der Waals surface area contributed by atoms with Gasteiger partial charge in [0.2, 0.25) is 0 Å². The van der Waals surface area contributed by atoms with Gasteiger partial charge in [0, 0.05) is 34.1 Å². The Balaban J connectivity index is 1.89. The molecule has 0 unspecified atom stereocenters. The molecule has 1 saturated heterocycles. The summed E-state index contributed by atoms with van der Waals surface area (Å²) in [5.41, 5.74) is 3.84. The summed E-state index contributed by atoms with van der Waals surface area (Å²) in [7, 11) is 2.41. The molecule has 5 rings (SSSR count). The molecule has 4 heterocycles. The lowest BCUT2D eigenvalue weighted by Crippen LogP contribution is -2.85. The predicted molar refractivity (Wildman–Crippen MR) is 111 cm³/mol. The molecule has 0 saturated carbocycles. The van der Waals surface area contributed by atoms with E-state index in [1.807, 2.05) is 0 Å². The number of para-hydroxylation sites is 1. The summed E-state index contributed by atoms with van der Waals surface area (Å²) in [5, 5.41) is 0. The lowest BCUT2D eigenvalue weighted by molar-refractivity contribution is 0.164. The Kier molecular flexibility index (Phi) is 3.04. The van der Waals surface area contributed by atoms with Crippen LogP contribution in [0.3, 0.4) is 0 Å². The summed E-state index contributed by atoms with van der Waals surface area (Å²) < 4.78 is 10.2. The van der Waals surface area contributed by atoms with Crippen LogP contribution < -0.4 is 4.72 Å². The van der Waals surface area contributed by atoms with Crippen LogP contribution in [0.1, 0.15) is 33.4 Å². The fraction of sp³-hybridized carbons (Fsp3) is 0.500. The van der Waals surface area contributed by atoms with Crippen molar-refractivity contribution >= 4 is 26.8 Å². The van der Waals surface area contributed by atoms with E-state index in [-0.39, 0.29) is 18.1 Å². The summed E-state index contributed by atoms with van der Waals surface area (Å²) in [5.74, 6) is 1.11. The molecule has 0 aliphatic carbocycles. The topological polar surface area (TPSA) is 27.5 Å². The van der Waals surface area contributed by atoms with Gasteiger partial charge in [-0.1, -0.05) is 39.6 Å². The average molecular weight is 345 g/mol. The van der Waals surface area contributed by atoms with E-state index in [0.717, 1.165) is 5.82 Å². The molecule has 132 valence electrons. The van der Waals surface area contributed by atoms with Crippen molar-refractivity contribution in [3.8, 4) is 11.4 Å². The lowest BCUT2D eigenvalue weighted by atomic mass is 9.43. The first-order valence-corrected chi connectivity index (χ1v) is 9.65. The number of benzene rings is 1. The second-order valence-corrected chi connectivity index (χ2v) is 9.13. The minimum atomic E-state index is -0.0115. The van der Waals surface area contributed by atoms with Crippen LogP contribution in [-0.4, -0.2) is 52.6 Å². The van der Waals surface area contributed by atoms with Crippen LogP contribution in [0.5, 0.6) is 0 Å². The van der Waals surface area contributed by atoms with E-state index >= 15 is 0 Å². The standard InChI is InChI=1S/C18H26B3N5/c1-17(2)15-12-22-16-13-10-8-9-11-14(13)25-19(5)23(7)20(6)26(18(17,3)4)21(25)24(15)16/h8-12H,1-7H3. The monoisotopic (exact) mass is 345 g/mol. The molecule has 5 nitrogen and oxygen atoms in total. The minimum absolute atomic E-state index is 0.0106. The van der Waals surface area contributed by atoms with Crippen molar-refractivity contribution in [1.29, 1.82) is 0 Å². The summed E-state index contributed by atoms with van der Waals surface area (Å²) in [4.78, 5) is 4.91. The Morgan fingerprint density at radius 1 is 1.00 bits per heavy atom. The van der Waals surface area contributed by atoms with Gasteiger partial charge in [-0.05, 0) is 33.0 Å². The van der Waals surface area contributed by atoms with E-state index in [9.17, 15) is 0 Å². The van der Waals surface area contributed by atoms with Gasteiger partial charge in [0.15, 0.2) is 0 Å². The van der Waals surface area contributed by atoms with Crippen molar-refractivity contribution in [3.05, 3.63) is 36.2 Å². The molecular weight excluding hydrogens is 319 g/mol. The molecule has 0 amide bonds. The fourth-order valence-electron chi connectivity index (χ4n) is 5.34. The number of rotatable bonds is 0. The van der Waals surface area contributed by atoms with Crippen LogP contribution >= 0.6 is 0 Å². The van der Waals surface area contributed by atoms with E-state index < -0.39 is 0 Å². The van der Waals surface area contributed by atoms with Crippen LogP contribution in [0, 0.1) is 0 Å². The molecule has 0 atom stereocenters. The summed E-state index contributed by atoms with van der Waals surface area (Å²) in [6.07, 6.45) is 2.11. The molecule has 0 spiro atoms. The first kappa shape index (κ1) is 16.5. The van der Waals surface area contributed by atoms with Crippen molar-refractivity contribution < 1.29 is 0 Å². The maximum atomic E-state index is 4.91. The largest absolute Gasteiger partial charge is 0.454 e. The number of anilines is 1. The maximum Gasteiger partial charge on any atom is 0.454 e. The Hall–Kier alpha value is -1.66. The maximum absolute atomic E-state index is 4.91. The zero-order valence-electron chi connectivity index (χ0n) is 16.9. The van der Waals surface area contributed by atoms with Crippen LogP contribution in [0.2, 0.25) is 13.6 Å². The number of hydrogen-bond donors (Lipinski definition) is 0. The third-order valence-electron chi connectivity index (χ3n) is 7.75.